The van der Waals surface area contributed by atoms with E-state index in [4.69, 9.17) is 0 Å². The van der Waals surface area contributed by atoms with Crippen LogP contribution in [0.2, 0.25) is 0 Å². The molecule has 8 heteroatoms. The largest absolute Gasteiger partial charge is 0.394 e. The monoisotopic (exact) mass is 353 g/mol. The second-order valence-corrected chi connectivity index (χ2v) is 5.84. The third-order valence-electron chi connectivity index (χ3n) is 3.12. The number of carbonyl (C=O) groups excluding carboxylic acids is 1. The Morgan fingerprint density at radius 1 is 1.48 bits per heavy atom. The third kappa shape index (κ3) is 3.64. The molecule has 2 aromatic rings. The number of nitrogens with one attached hydrogen (secondary N) is 1. The van der Waals surface area contributed by atoms with Crippen molar-refractivity contribution < 1.29 is 9.90 Å². The number of tetrazole rings is 1. The van der Waals surface area contributed by atoms with E-state index in [0.29, 0.717) is 11.3 Å². The smallest absolute Gasteiger partial charge is 0.253 e. The number of carbonyl (C=O) groups is 1. The van der Waals surface area contributed by atoms with E-state index in [9.17, 15) is 9.90 Å². The quantitative estimate of drug-likeness (QED) is 0.841. The number of hydrogen-bond acceptors (Lipinski definition) is 5. The van der Waals surface area contributed by atoms with Crippen molar-refractivity contribution in [2.24, 2.45) is 5.92 Å². The molecule has 0 radical (unpaired) electrons. The summed E-state index contributed by atoms with van der Waals surface area (Å²) in [4.78, 5) is 12.5. The molecule has 1 aromatic carbocycles. The van der Waals surface area contributed by atoms with Gasteiger partial charge in [-0.2, -0.15) is 4.68 Å². The Morgan fingerprint density at radius 2 is 2.24 bits per heavy atom. The van der Waals surface area contributed by atoms with E-state index in [1.54, 1.807) is 18.2 Å². The van der Waals surface area contributed by atoms with Crippen molar-refractivity contribution in [3.8, 4) is 5.69 Å². The van der Waals surface area contributed by atoms with Crippen LogP contribution in [0.25, 0.3) is 5.69 Å². The molecular weight excluding hydrogens is 338 g/mol. The fourth-order valence-corrected chi connectivity index (χ4v) is 2.19. The number of aromatic nitrogens is 4. The Balaban J connectivity index is 2.34. The van der Waals surface area contributed by atoms with Crippen molar-refractivity contribution in [1.29, 1.82) is 0 Å². The fraction of sp³-hybridized carbons (Fsp3) is 0.385. The van der Waals surface area contributed by atoms with E-state index >= 15 is 0 Å². The molecule has 112 valence electrons. The van der Waals surface area contributed by atoms with Crippen molar-refractivity contribution in [2.75, 3.05) is 6.61 Å². The zero-order chi connectivity index (χ0) is 15.4. The van der Waals surface area contributed by atoms with E-state index in [-0.39, 0.29) is 24.5 Å². The molecular formula is C13H16BrN5O2. The summed E-state index contributed by atoms with van der Waals surface area (Å²) >= 11 is 3.35. The van der Waals surface area contributed by atoms with Gasteiger partial charge in [0.2, 0.25) is 0 Å². The average molecular weight is 354 g/mol. The van der Waals surface area contributed by atoms with Crippen LogP contribution in [0.3, 0.4) is 0 Å². The number of halogens is 1. The molecule has 0 spiro atoms. The lowest BCUT2D eigenvalue weighted by atomic mass is 10.0. The molecule has 2 N–H and O–H groups in total. The molecule has 0 bridgehead atoms. The molecule has 1 amide bonds. The van der Waals surface area contributed by atoms with E-state index in [2.05, 4.69) is 36.8 Å². The predicted molar refractivity (Wildman–Crippen MR) is 80.0 cm³/mol. The zero-order valence-corrected chi connectivity index (χ0v) is 13.3. The predicted octanol–water partition coefficient (Wildman–Crippen LogP) is 1.17. The molecule has 0 saturated heterocycles. The lowest BCUT2D eigenvalue weighted by Gasteiger charge is -2.20. The number of amides is 1. The van der Waals surface area contributed by atoms with Gasteiger partial charge in [-0.25, -0.2) is 0 Å². The summed E-state index contributed by atoms with van der Waals surface area (Å²) in [5, 5.41) is 23.1. The van der Waals surface area contributed by atoms with Gasteiger partial charge in [0.1, 0.15) is 6.33 Å². The average Bonchev–Trinajstić information content (AvgIpc) is 2.98. The van der Waals surface area contributed by atoms with E-state index in [1.807, 2.05) is 13.8 Å². The molecule has 2 rings (SSSR count). The highest BCUT2D eigenvalue weighted by Crippen LogP contribution is 2.19. The van der Waals surface area contributed by atoms with Crippen molar-refractivity contribution in [1.82, 2.24) is 25.5 Å². The van der Waals surface area contributed by atoms with Gasteiger partial charge in [-0.1, -0.05) is 29.8 Å². The molecule has 0 unspecified atom stereocenters. The summed E-state index contributed by atoms with van der Waals surface area (Å²) in [5.74, 6) is -0.155. The molecule has 0 aliphatic heterocycles. The van der Waals surface area contributed by atoms with Gasteiger partial charge in [-0.3, -0.25) is 4.79 Å². The minimum absolute atomic E-state index is 0.113. The van der Waals surface area contributed by atoms with Crippen LogP contribution in [0.15, 0.2) is 29.0 Å². The summed E-state index contributed by atoms with van der Waals surface area (Å²) in [6, 6.07) is 4.94. The van der Waals surface area contributed by atoms with E-state index in [1.165, 1.54) is 11.0 Å². The molecule has 0 saturated carbocycles. The maximum absolute atomic E-state index is 12.5. The van der Waals surface area contributed by atoms with Crippen molar-refractivity contribution >= 4 is 21.8 Å². The summed E-state index contributed by atoms with van der Waals surface area (Å²) in [5.41, 5.74) is 0.997. The van der Waals surface area contributed by atoms with E-state index in [0.717, 1.165) is 4.47 Å². The Bertz CT molecular complexity index is 615. The molecule has 1 atom stereocenters. The molecule has 7 nitrogen and oxygen atoms in total. The number of hydrogen-bond donors (Lipinski definition) is 2. The van der Waals surface area contributed by atoms with Crippen molar-refractivity contribution in [3.63, 3.8) is 0 Å². The number of benzene rings is 1. The third-order valence-corrected chi connectivity index (χ3v) is 3.61. The Kier molecular flexibility index (Phi) is 5.03. The molecule has 0 aliphatic carbocycles. The molecule has 21 heavy (non-hydrogen) atoms. The lowest BCUT2D eigenvalue weighted by Crippen LogP contribution is -2.41. The van der Waals surface area contributed by atoms with Crippen LogP contribution < -0.4 is 5.32 Å². The maximum Gasteiger partial charge on any atom is 0.253 e. The highest BCUT2D eigenvalue weighted by molar-refractivity contribution is 9.10. The second kappa shape index (κ2) is 6.77. The van der Waals surface area contributed by atoms with Crippen LogP contribution in [0.1, 0.15) is 24.2 Å². The summed E-state index contributed by atoms with van der Waals surface area (Å²) < 4.78 is 2.19. The molecule has 0 aliphatic rings. The van der Waals surface area contributed by atoms with E-state index < -0.39 is 0 Å². The Morgan fingerprint density at radius 3 is 2.81 bits per heavy atom. The number of aliphatic hydroxyl groups excluding tert-OH is 1. The van der Waals surface area contributed by atoms with Gasteiger partial charge in [0, 0.05) is 4.47 Å². The van der Waals surface area contributed by atoms with Crippen molar-refractivity contribution in [2.45, 2.75) is 19.9 Å². The second-order valence-electron chi connectivity index (χ2n) is 4.92. The first-order valence-electron chi connectivity index (χ1n) is 6.47. The number of rotatable bonds is 5. The molecule has 0 fully saturated rings. The van der Waals surface area contributed by atoms with Gasteiger partial charge >= 0.3 is 0 Å². The summed E-state index contributed by atoms with van der Waals surface area (Å²) in [7, 11) is 0. The lowest BCUT2D eigenvalue weighted by molar-refractivity contribution is 0.0896. The van der Waals surface area contributed by atoms with Gasteiger partial charge in [0.15, 0.2) is 0 Å². The first kappa shape index (κ1) is 15.6. The fourth-order valence-electron chi connectivity index (χ4n) is 1.83. The normalized spacial score (nSPS) is 12.4. The minimum atomic E-state index is -0.307. The van der Waals surface area contributed by atoms with Crippen LogP contribution in [-0.2, 0) is 0 Å². The highest BCUT2D eigenvalue weighted by atomic mass is 79.9. The van der Waals surface area contributed by atoms with Crippen molar-refractivity contribution in [3.05, 3.63) is 34.6 Å². The first-order valence-corrected chi connectivity index (χ1v) is 7.27. The minimum Gasteiger partial charge on any atom is -0.394 e. The van der Waals surface area contributed by atoms with Gasteiger partial charge in [-0.05, 0) is 34.5 Å². The summed E-state index contributed by atoms with van der Waals surface area (Å²) in [6.07, 6.45) is 1.42. The Labute approximate surface area is 130 Å². The van der Waals surface area contributed by atoms with Crippen LogP contribution >= 0.6 is 15.9 Å². The highest BCUT2D eigenvalue weighted by Gasteiger charge is 2.19. The van der Waals surface area contributed by atoms with Crippen LogP contribution in [0.4, 0.5) is 0 Å². The van der Waals surface area contributed by atoms with Gasteiger partial charge < -0.3 is 10.4 Å². The zero-order valence-electron chi connectivity index (χ0n) is 11.7. The van der Waals surface area contributed by atoms with Crippen LogP contribution in [0, 0.1) is 5.92 Å². The SMILES string of the molecule is CC(C)[C@@H](CO)NC(=O)c1cc(Br)ccc1-n1cnnn1. The number of nitrogens with zero attached hydrogens (tertiary/aromatic N) is 4. The van der Waals surface area contributed by atoms with Gasteiger partial charge in [0.05, 0.1) is 23.9 Å². The van der Waals surface area contributed by atoms with Crippen LogP contribution in [0.5, 0.6) is 0 Å². The van der Waals surface area contributed by atoms with Gasteiger partial charge in [-0.15, -0.1) is 5.10 Å². The molecule has 1 heterocycles. The topological polar surface area (TPSA) is 92.9 Å². The first-order chi connectivity index (χ1) is 10.0. The van der Waals surface area contributed by atoms with Gasteiger partial charge in [0.25, 0.3) is 5.91 Å². The standard InChI is InChI=1S/C13H16BrN5O2/c1-8(2)11(6-20)16-13(21)10-5-9(14)3-4-12(10)19-7-15-17-18-19/h3-5,7-8,11,20H,6H2,1-2H3,(H,16,21)/t11-/m1/s1. The Hall–Kier alpha value is -1.80. The summed E-state index contributed by atoms with van der Waals surface area (Å²) in [6.45, 7) is 3.76. The molecule has 1 aromatic heterocycles. The maximum atomic E-state index is 12.5. The van der Waals surface area contributed by atoms with Crippen LogP contribution in [-0.4, -0.2) is 43.9 Å². The number of aliphatic hydroxyl groups is 1.